The van der Waals surface area contributed by atoms with Crippen LogP contribution in [0, 0.1) is 5.82 Å². The Morgan fingerprint density at radius 1 is 1.29 bits per heavy atom. The Bertz CT molecular complexity index is 786. The van der Waals surface area contributed by atoms with Crippen molar-refractivity contribution < 1.29 is 13.9 Å². The predicted octanol–water partition coefficient (Wildman–Crippen LogP) is 4.63. The summed E-state index contributed by atoms with van der Waals surface area (Å²) in [6.07, 6.45) is 2.26. The Balaban J connectivity index is 1.75. The van der Waals surface area contributed by atoms with Crippen molar-refractivity contribution in [2.75, 3.05) is 6.61 Å². The summed E-state index contributed by atoms with van der Waals surface area (Å²) in [6.45, 7) is 2.40. The van der Waals surface area contributed by atoms with Crippen LogP contribution < -0.4 is 10.1 Å². The molecule has 0 fully saturated rings. The van der Waals surface area contributed by atoms with Crippen LogP contribution in [0.1, 0.15) is 30.5 Å². The second kappa shape index (κ2) is 7.18. The Morgan fingerprint density at radius 2 is 2.04 bits per heavy atom. The fourth-order valence-corrected chi connectivity index (χ4v) is 3.10. The van der Waals surface area contributed by atoms with Gasteiger partial charge in [0.15, 0.2) is 0 Å². The molecule has 0 aromatic heterocycles. The monoisotopic (exact) mass is 389 g/mol. The van der Waals surface area contributed by atoms with Crippen molar-refractivity contribution in [1.82, 2.24) is 5.32 Å². The summed E-state index contributed by atoms with van der Waals surface area (Å²) >= 11 is 3.45. The van der Waals surface area contributed by atoms with Crippen LogP contribution in [-0.2, 0) is 4.79 Å². The van der Waals surface area contributed by atoms with E-state index in [9.17, 15) is 9.18 Å². The SMILES string of the molecule is C/C(=C/C(=O)NC1CCOc2ccc(Br)cc21)c1ccc(F)cc1. The second-order valence-electron chi connectivity index (χ2n) is 5.71. The van der Waals surface area contributed by atoms with Crippen LogP contribution in [0.2, 0.25) is 0 Å². The Kier molecular flexibility index (Phi) is 5.00. The number of ether oxygens (including phenoxy) is 1. The predicted molar refractivity (Wildman–Crippen MR) is 95.2 cm³/mol. The molecule has 24 heavy (non-hydrogen) atoms. The van der Waals surface area contributed by atoms with Gasteiger partial charge in [0, 0.05) is 22.5 Å². The molecule has 1 N–H and O–H groups in total. The molecule has 0 radical (unpaired) electrons. The first-order valence-corrected chi connectivity index (χ1v) is 8.49. The Morgan fingerprint density at radius 3 is 2.79 bits per heavy atom. The number of fused-ring (bicyclic) bond motifs is 1. The molecule has 3 rings (SSSR count). The van der Waals surface area contributed by atoms with Crippen LogP contribution in [0.25, 0.3) is 5.57 Å². The van der Waals surface area contributed by atoms with Crippen LogP contribution in [0.5, 0.6) is 5.75 Å². The van der Waals surface area contributed by atoms with E-state index >= 15 is 0 Å². The molecule has 1 aliphatic rings. The number of allylic oxidation sites excluding steroid dienone is 1. The van der Waals surface area contributed by atoms with Crippen LogP contribution in [-0.4, -0.2) is 12.5 Å². The minimum absolute atomic E-state index is 0.0870. The third-order valence-electron chi connectivity index (χ3n) is 3.97. The van der Waals surface area contributed by atoms with E-state index in [1.165, 1.54) is 12.1 Å². The van der Waals surface area contributed by atoms with Gasteiger partial charge in [0.2, 0.25) is 5.91 Å². The van der Waals surface area contributed by atoms with Gasteiger partial charge in [-0.15, -0.1) is 0 Å². The number of hydrogen-bond acceptors (Lipinski definition) is 2. The van der Waals surface area contributed by atoms with Crippen LogP contribution >= 0.6 is 15.9 Å². The van der Waals surface area contributed by atoms with Crippen molar-refractivity contribution in [2.24, 2.45) is 0 Å². The van der Waals surface area contributed by atoms with Crippen molar-refractivity contribution in [1.29, 1.82) is 0 Å². The summed E-state index contributed by atoms with van der Waals surface area (Å²) in [5.41, 5.74) is 2.58. The van der Waals surface area contributed by atoms with E-state index < -0.39 is 0 Å². The molecule has 0 aliphatic carbocycles. The number of halogens is 2. The number of amides is 1. The van der Waals surface area contributed by atoms with Crippen LogP contribution in [0.4, 0.5) is 4.39 Å². The smallest absolute Gasteiger partial charge is 0.244 e. The van der Waals surface area contributed by atoms with Crippen molar-refractivity contribution in [3.63, 3.8) is 0 Å². The average molecular weight is 390 g/mol. The molecule has 1 amide bonds. The number of benzene rings is 2. The summed E-state index contributed by atoms with van der Waals surface area (Å²) < 4.78 is 19.6. The molecule has 0 saturated heterocycles. The summed E-state index contributed by atoms with van der Waals surface area (Å²) in [4.78, 5) is 12.3. The minimum atomic E-state index is -0.291. The third kappa shape index (κ3) is 3.85. The molecular weight excluding hydrogens is 373 g/mol. The lowest BCUT2D eigenvalue weighted by Gasteiger charge is -2.26. The Hall–Kier alpha value is -2.14. The van der Waals surface area contributed by atoms with Gasteiger partial charge >= 0.3 is 0 Å². The second-order valence-corrected chi connectivity index (χ2v) is 6.63. The van der Waals surface area contributed by atoms with Gasteiger partial charge in [-0.2, -0.15) is 0 Å². The molecule has 1 heterocycles. The zero-order valence-electron chi connectivity index (χ0n) is 13.2. The molecule has 124 valence electrons. The first-order valence-electron chi connectivity index (χ1n) is 7.70. The van der Waals surface area contributed by atoms with Gasteiger partial charge in [0.1, 0.15) is 11.6 Å². The zero-order chi connectivity index (χ0) is 17.1. The highest BCUT2D eigenvalue weighted by Gasteiger charge is 2.22. The number of hydrogen-bond donors (Lipinski definition) is 1. The fourth-order valence-electron chi connectivity index (χ4n) is 2.72. The van der Waals surface area contributed by atoms with E-state index in [1.54, 1.807) is 18.2 Å². The highest BCUT2D eigenvalue weighted by atomic mass is 79.9. The van der Waals surface area contributed by atoms with Crippen molar-refractivity contribution in [3.8, 4) is 5.75 Å². The largest absolute Gasteiger partial charge is 0.493 e. The molecule has 2 aromatic carbocycles. The lowest BCUT2D eigenvalue weighted by Crippen LogP contribution is -2.31. The van der Waals surface area contributed by atoms with Gasteiger partial charge in [-0.3, -0.25) is 4.79 Å². The maximum Gasteiger partial charge on any atom is 0.244 e. The van der Waals surface area contributed by atoms with Gasteiger partial charge < -0.3 is 10.1 Å². The standard InChI is InChI=1S/C19H17BrFNO2/c1-12(13-2-5-15(21)6-3-13)10-19(23)22-17-8-9-24-18-7-4-14(20)11-16(17)18/h2-7,10-11,17H,8-9H2,1H3,(H,22,23)/b12-10-. The first-order chi connectivity index (χ1) is 11.5. The van der Waals surface area contributed by atoms with Crippen molar-refractivity contribution in [2.45, 2.75) is 19.4 Å². The molecule has 3 nitrogen and oxygen atoms in total. The molecular formula is C19H17BrFNO2. The van der Waals surface area contributed by atoms with Crippen molar-refractivity contribution >= 4 is 27.4 Å². The van der Waals surface area contributed by atoms with E-state index in [2.05, 4.69) is 21.2 Å². The number of rotatable bonds is 3. The molecule has 0 saturated carbocycles. The van der Waals surface area contributed by atoms with Gasteiger partial charge in [-0.1, -0.05) is 28.1 Å². The molecule has 1 aliphatic heterocycles. The number of carbonyl (C=O) groups excluding carboxylic acids is 1. The molecule has 1 atom stereocenters. The zero-order valence-corrected chi connectivity index (χ0v) is 14.8. The summed E-state index contributed by atoms with van der Waals surface area (Å²) in [5, 5.41) is 3.02. The fraction of sp³-hybridized carbons (Fsp3) is 0.211. The molecule has 0 bridgehead atoms. The average Bonchev–Trinajstić information content (AvgIpc) is 2.56. The van der Waals surface area contributed by atoms with Gasteiger partial charge in [0.25, 0.3) is 0 Å². The molecule has 2 aromatic rings. The van der Waals surface area contributed by atoms with E-state index in [4.69, 9.17) is 4.74 Å². The normalized spacial score (nSPS) is 17.0. The van der Waals surface area contributed by atoms with E-state index in [1.807, 2.05) is 25.1 Å². The van der Waals surface area contributed by atoms with E-state index in [0.29, 0.717) is 6.61 Å². The van der Waals surface area contributed by atoms with Crippen LogP contribution in [0.3, 0.4) is 0 Å². The summed E-state index contributed by atoms with van der Waals surface area (Å²) in [5.74, 6) is 0.337. The van der Waals surface area contributed by atoms with Crippen molar-refractivity contribution in [3.05, 3.63) is 70.0 Å². The van der Waals surface area contributed by atoms with E-state index in [-0.39, 0.29) is 17.8 Å². The topological polar surface area (TPSA) is 38.3 Å². The van der Waals surface area contributed by atoms with Gasteiger partial charge in [0.05, 0.1) is 12.6 Å². The summed E-state index contributed by atoms with van der Waals surface area (Å²) in [6, 6.07) is 11.8. The lowest BCUT2D eigenvalue weighted by atomic mass is 10.0. The highest BCUT2D eigenvalue weighted by Crippen LogP contribution is 2.34. The minimum Gasteiger partial charge on any atom is -0.493 e. The third-order valence-corrected chi connectivity index (χ3v) is 4.47. The molecule has 0 spiro atoms. The highest BCUT2D eigenvalue weighted by molar-refractivity contribution is 9.10. The lowest BCUT2D eigenvalue weighted by molar-refractivity contribution is -0.117. The van der Waals surface area contributed by atoms with Gasteiger partial charge in [-0.25, -0.2) is 4.39 Å². The molecule has 1 unspecified atom stereocenters. The van der Waals surface area contributed by atoms with E-state index in [0.717, 1.165) is 33.3 Å². The number of nitrogens with one attached hydrogen (secondary N) is 1. The maximum atomic E-state index is 13.0. The quantitative estimate of drug-likeness (QED) is 0.776. The molecule has 5 heteroatoms. The van der Waals surface area contributed by atoms with Gasteiger partial charge in [-0.05, 0) is 48.4 Å². The first kappa shape index (κ1) is 16.7. The number of carbonyl (C=O) groups is 1. The Labute approximate surface area is 148 Å². The summed E-state index contributed by atoms with van der Waals surface area (Å²) in [7, 11) is 0. The maximum absolute atomic E-state index is 13.0. The van der Waals surface area contributed by atoms with Crippen LogP contribution in [0.15, 0.2) is 53.0 Å².